The number of nitrogens with one attached hydrogen (secondary N) is 3. The Bertz CT molecular complexity index is 2050. The van der Waals surface area contributed by atoms with Crippen LogP contribution in [0, 0.1) is 5.82 Å². The van der Waals surface area contributed by atoms with Crippen molar-refractivity contribution in [1.29, 1.82) is 0 Å². The number of halogens is 1. The van der Waals surface area contributed by atoms with Gasteiger partial charge in [0.15, 0.2) is 5.82 Å². The van der Waals surface area contributed by atoms with Gasteiger partial charge in [0, 0.05) is 94.2 Å². The van der Waals surface area contributed by atoms with Gasteiger partial charge in [0.2, 0.25) is 5.91 Å². The molecule has 2 aromatic carbocycles. The smallest absolute Gasteiger partial charge is 0.270 e. The summed E-state index contributed by atoms with van der Waals surface area (Å²) in [5, 5.41) is 2.39. The van der Waals surface area contributed by atoms with Crippen LogP contribution in [0.5, 0.6) is 5.75 Å². The predicted molar refractivity (Wildman–Crippen MR) is 202 cm³/mol. The van der Waals surface area contributed by atoms with E-state index >= 15 is 4.39 Å². The van der Waals surface area contributed by atoms with Crippen LogP contribution in [0.1, 0.15) is 28.9 Å². The summed E-state index contributed by atoms with van der Waals surface area (Å²) < 4.78 is 28.0. The highest BCUT2D eigenvalue weighted by molar-refractivity contribution is 6.05. The van der Waals surface area contributed by atoms with Crippen molar-refractivity contribution in [2.45, 2.75) is 12.8 Å². The van der Waals surface area contributed by atoms with E-state index < -0.39 is 5.82 Å². The molecular weight excluding hydrogens is 677 g/mol. The average molecular weight is 722 g/mol. The van der Waals surface area contributed by atoms with Gasteiger partial charge in [-0.05, 0) is 47.9 Å². The molecule has 13 nitrogen and oxygen atoms in total. The lowest BCUT2D eigenvalue weighted by Gasteiger charge is -2.36. The van der Waals surface area contributed by atoms with Gasteiger partial charge in [-0.25, -0.2) is 9.37 Å². The summed E-state index contributed by atoms with van der Waals surface area (Å²) in [6.45, 7) is 6.62. The first kappa shape index (κ1) is 34.5. The summed E-state index contributed by atoms with van der Waals surface area (Å²) in [4.78, 5) is 43.4. The average Bonchev–Trinajstić information content (AvgIpc) is 3.92. The number of aromatic nitrogens is 2. The first-order valence-corrected chi connectivity index (χ1v) is 18.2. The minimum absolute atomic E-state index is 0.00224. The zero-order valence-corrected chi connectivity index (χ0v) is 29.8. The Morgan fingerprint density at radius 3 is 2.42 bits per heavy atom. The van der Waals surface area contributed by atoms with E-state index in [2.05, 4.69) is 25.7 Å². The molecule has 2 aromatic heterocycles. The summed E-state index contributed by atoms with van der Waals surface area (Å²) in [7, 11) is 1.61. The van der Waals surface area contributed by atoms with Gasteiger partial charge < -0.3 is 39.5 Å². The number of ether oxygens (including phenoxy) is 2. The largest absolute Gasteiger partial charge is 0.496 e. The van der Waals surface area contributed by atoms with E-state index in [1.165, 1.54) is 0 Å². The molecule has 0 aliphatic carbocycles. The van der Waals surface area contributed by atoms with E-state index in [0.717, 1.165) is 41.4 Å². The number of para-hydroxylation sites is 1. The number of methoxy groups -OCH3 is 1. The monoisotopic (exact) mass is 721 g/mol. The Kier molecular flexibility index (Phi) is 9.87. The maximum absolute atomic E-state index is 16.8. The number of morpholine rings is 1. The maximum Gasteiger partial charge on any atom is 0.270 e. The first-order chi connectivity index (χ1) is 26.0. The predicted octanol–water partition coefficient (Wildman–Crippen LogP) is 3.98. The second-order valence-electron chi connectivity index (χ2n) is 13.5. The molecular formula is C39H44FN9O4. The topological polar surface area (TPSA) is 122 Å². The van der Waals surface area contributed by atoms with Crippen molar-refractivity contribution in [1.82, 2.24) is 35.7 Å². The summed E-state index contributed by atoms with van der Waals surface area (Å²) >= 11 is 0. The van der Waals surface area contributed by atoms with Crippen LogP contribution in [-0.2, 0) is 9.53 Å². The second kappa shape index (κ2) is 15.2. The van der Waals surface area contributed by atoms with Crippen molar-refractivity contribution in [3.8, 4) is 16.9 Å². The van der Waals surface area contributed by atoms with Gasteiger partial charge >= 0.3 is 0 Å². The van der Waals surface area contributed by atoms with Crippen LogP contribution < -0.4 is 25.5 Å². The summed E-state index contributed by atoms with van der Waals surface area (Å²) in [6.07, 6.45) is 6.52. The molecule has 0 bridgehead atoms. The van der Waals surface area contributed by atoms with Gasteiger partial charge in [-0.15, -0.1) is 5.53 Å². The fourth-order valence-electron chi connectivity index (χ4n) is 7.51. The number of nitrogens with zero attached hydrogens (tertiary/aromatic N) is 6. The van der Waals surface area contributed by atoms with E-state index in [-0.39, 0.29) is 23.9 Å². The van der Waals surface area contributed by atoms with Gasteiger partial charge in [-0.2, -0.15) is 0 Å². The maximum atomic E-state index is 16.8. The lowest BCUT2D eigenvalue weighted by Crippen LogP contribution is -2.49. The molecule has 0 spiro atoms. The zero-order chi connectivity index (χ0) is 36.3. The van der Waals surface area contributed by atoms with Crippen LogP contribution in [0.25, 0.3) is 27.6 Å². The molecule has 2 amide bonds. The van der Waals surface area contributed by atoms with E-state index in [4.69, 9.17) is 14.5 Å². The highest BCUT2D eigenvalue weighted by Gasteiger charge is 2.28. The van der Waals surface area contributed by atoms with Crippen molar-refractivity contribution < 1.29 is 23.5 Å². The fraction of sp³-hybridized carbons (Fsp3) is 0.359. The highest BCUT2D eigenvalue weighted by Crippen LogP contribution is 2.40. The number of carbonyl (C=O) groups excluding carboxylic acids is 2. The Labute approximate surface area is 307 Å². The van der Waals surface area contributed by atoms with Crippen LogP contribution in [0.15, 0.2) is 73.1 Å². The van der Waals surface area contributed by atoms with Crippen molar-refractivity contribution in [3.63, 3.8) is 0 Å². The van der Waals surface area contributed by atoms with Crippen molar-refractivity contribution in [3.05, 3.63) is 90.1 Å². The minimum atomic E-state index is -0.452. The molecule has 4 aliphatic rings. The van der Waals surface area contributed by atoms with Gasteiger partial charge in [0.25, 0.3) is 5.91 Å². The quantitative estimate of drug-likeness (QED) is 0.234. The third-order valence-corrected chi connectivity index (χ3v) is 10.4. The molecule has 0 unspecified atom stereocenters. The van der Waals surface area contributed by atoms with Crippen molar-refractivity contribution >= 4 is 39.9 Å². The molecule has 0 atom stereocenters. The standard InChI is InChI=1S/C39H44FN9O4/c1-52-33-8-3-2-7-28(33)30-24-29(27-6-5-13-48(26-27)36(50)11-14-49-15-12-41-44-49)37(40)38-31(30)25-32(42-38)39(51)47-18-16-45(17-19-47)34-9-4-10-35(43-34)46-20-22-53-23-21-46/h2-4,6-10,12,15,24-25,41-42,44H,5,11,13-14,16-23,26H2,1H3. The van der Waals surface area contributed by atoms with Crippen LogP contribution in [0.3, 0.4) is 0 Å². The molecule has 0 radical (unpaired) electrons. The van der Waals surface area contributed by atoms with Crippen molar-refractivity contribution in [2.24, 2.45) is 0 Å². The normalized spacial score (nSPS) is 17.7. The fourth-order valence-corrected chi connectivity index (χ4v) is 7.51. The van der Waals surface area contributed by atoms with E-state index in [1.54, 1.807) is 29.3 Å². The van der Waals surface area contributed by atoms with Gasteiger partial charge in [0.05, 0.1) is 25.8 Å². The summed E-state index contributed by atoms with van der Waals surface area (Å²) in [5.74, 6) is 1.82. The molecule has 4 aromatic rings. The minimum Gasteiger partial charge on any atom is -0.496 e. The zero-order valence-electron chi connectivity index (χ0n) is 29.8. The van der Waals surface area contributed by atoms with E-state index in [0.29, 0.717) is 87.7 Å². The van der Waals surface area contributed by atoms with Gasteiger partial charge in [-0.3, -0.25) is 14.6 Å². The lowest BCUT2D eigenvalue weighted by molar-refractivity contribution is -0.131. The Morgan fingerprint density at radius 1 is 0.887 bits per heavy atom. The van der Waals surface area contributed by atoms with Crippen molar-refractivity contribution in [2.75, 3.05) is 89.0 Å². The molecule has 4 aliphatic heterocycles. The number of hydrazine groups is 2. The third-order valence-electron chi connectivity index (χ3n) is 10.4. The summed E-state index contributed by atoms with van der Waals surface area (Å²) in [5.41, 5.74) is 9.03. The van der Waals surface area contributed by atoms with E-state index in [1.807, 2.05) is 65.7 Å². The van der Waals surface area contributed by atoms with Crippen LogP contribution in [-0.4, -0.2) is 116 Å². The van der Waals surface area contributed by atoms with E-state index in [9.17, 15) is 9.59 Å². The number of amides is 2. The summed E-state index contributed by atoms with van der Waals surface area (Å²) in [6, 6.07) is 17.3. The molecule has 6 heterocycles. The Hall–Kier alpha value is -5.60. The number of fused-ring (bicyclic) bond motifs is 1. The molecule has 8 rings (SSSR count). The number of pyridine rings is 1. The molecule has 2 saturated heterocycles. The first-order valence-electron chi connectivity index (χ1n) is 18.2. The molecule has 3 N–H and O–H groups in total. The number of H-pyrrole nitrogens is 1. The number of carbonyl (C=O) groups is 2. The lowest BCUT2D eigenvalue weighted by atomic mass is 9.93. The Morgan fingerprint density at radius 2 is 1.66 bits per heavy atom. The number of anilines is 2. The molecule has 53 heavy (non-hydrogen) atoms. The number of hydrogen-bond donors (Lipinski definition) is 3. The van der Waals surface area contributed by atoms with Crippen LogP contribution in [0.4, 0.5) is 16.0 Å². The SMILES string of the molecule is COc1ccccc1-c1cc(C2=CCCN(C(=O)CCN3C=CNN3)C2)c(F)c2[nH]c(C(=O)N3CCN(c4cccc(N5CCOCC5)n4)CC3)cc12. The number of hydrogen-bond acceptors (Lipinski definition) is 10. The van der Waals surface area contributed by atoms with Gasteiger partial charge in [-0.1, -0.05) is 30.3 Å². The Balaban J connectivity index is 1.04. The third kappa shape index (κ3) is 7.11. The number of benzene rings is 2. The van der Waals surface area contributed by atoms with Crippen LogP contribution in [0.2, 0.25) is 0 Å². The highest BCUT2D eigenvalue weighted by atomic mass is 19.1. The number of piperazine rings is 1. The van der Waals surface area contributed by atoms with Crippen LogP contribution >= 0.6 is 0 Å². The molecule has 276 valence electrons. The molecule has 14 heteroatoms. The number of rotatable bonds is 9. The molecule has 0 saturated carbocycles. The second-order valence-corrected chi connectivity index (χ2v) is 13.5. The number of aromatic amines is 1. The molecule has 2 fully saturated rings. The van der Waals surface area contributed by atoms with Gasteiger partial charge in [0.1, 0.15) is 23.1 Å².